The van der Waals surface area contributed by atoms with Crippen molar-refractivity contribution in [2.24, 2.45) is 0 Å². The summed E-state index contributed by atoms with van der Waals surface area (Å²) in [5.74, 6) is -2.40. The molecule has 0 bridgehead atoms. The highest BCUT2D eigenvalue weighted by molar-refractivity contribution is 6.09. The van der Waals surface area contributed by atoms with Gasteiger partial charge in [0.25, 0.3) is 11.8 Å². The van der Waals surface area contributed by atoms with Crippen molar-refractivity contribution >= 4 is 29.8 Å². The number of urea groups is 2. The molecular formula is C20H26N4O6. The largest absolute Gasteiger partial charge is 0.451 e. The highest BCUT2D eigenvalue weighted by Gasteiger charge is 2.49. The van der Waals surface area contributed by atoms with Gasteiger partial charge in [0, 0.05) is 6.04 Å². The third kappa shape index (κ3) is 5.13. The Labute approximate surface area is 174 Å². The Morgan fingerprint density at radius 1 is 1.13 bits per heavy atom. The first-order chi connectivity index (χ1) is 13.9. The van der Waals surface area contributed by atoms with Gasteiger partial charge in [-0.2, -0.15) is 0 Å². The lowest BCUT2D eigenvalue weighted by Crippen LogP contribution is -2.47. The first kappa shape index (κ1) is 22.9. The summed E-state index contributed by atoms with van der Waals surface area (Å²) in [6, 6.07) is 5.43. The smallest absolute Gasteiger partial charge is 0.327 e. The van der Waals surface area contributed by atoms with Gasteiger partial charge in [0.2, 0.25) is 0 Å². The molecule has 1 aliphatic heterocycles. The van der Waals surface area contributed by atoms with Crippen LogP contribution in [0.5, 0.6) is 0 Å². The fourth-order valence-electron chi connectivity index (χ4n) is 2.85. The van der Waals surface area contributed by atoms with Gasteiger partial charge in [0.15, 0.2) is 6.10 Å². The van der Waals surface area contributed by atoms with Crippen molar-refractivity contribution in [3.05, 3.63) is 35.4 Å². The van der Waals surface area contributed by atoms with Crippen LogP contribution in [-0.2, 0) is 24.7 Å². The molecule has 0 unspecified atom stereocenters. The maximum atomic E-state index is 12.8. The third-order valence-corrected chi connectivity index (χ3v) is 4.53. The molecule has 2 atom stereocenters. The van der Waals surface area contributed by atoms with E-state index in [0.717, 1.165) is 10.5 Å². The van der Waals surface area contributed by atoms with Crippen molar-refractivity contribution < 1.29 is 28.7 Å². The van der Waals surface area contributed by atoms with E-state index in [1.54, 1.807) is 32.9 Å². The van der Waals surface area contributed by atoms with Gasteiger partial charge in [0.05, 0.1) is 0 Å². The molecule has 30 heavy (non-hydrogen) atoms. The Hall–Kier alpha value is -3.43. The standard InChI is InChI=1S/C20H26N4O6/c1-11(2)21-18(28)22-16(26)13(4)30-15(25)10-24-17(27)20(5,23-19(24)29)14-8-6-12(3)7-9-14/h6-9,11,13H,10H2,1-5H3,(H,23,29)(H2,21,22,26,28)/t13-,20-/m0/s1. The summed E-state index contributed by atoms with van der Waals surface area (Å²) in [6.07, 6.45) is -1.29. The van der Waals surface area contributed by atoms with Crippen LogP contribution in [0.1, 0.15) is 38.8 Å². The number of benzene rings is 1. The van der Waals surface area contributed by atoms with Crippen LogP contribution in [0.4, 0.5) is 9.59 Å². The summed E-state index contributed by atoms with van der Waals surface area (Å²) >= 11 is 0. The topological polar surface area (TPSA) is 134 Å². The predicted molar refractivity (Wildman–Crippen MR) is 106 cm³/mol. The van der Waals surface area contributed by atoms with Crippen LogP contribution in [0.15, 0.2) is 24.3 Å². The lowest BCUT2D eigenvalue weighted by molar-refractivity contribution is -0.156. The number of hydrogen-bond donors (Lipinski definition) is 3. The quantitative estimate of drug-likeness (QED) is 0.465. The Morgan fingerprint density at radius 3 is 2.30 bits per heavy atom. The number of rotatable bonds is 6. The van der Waals surface area contributed by atoms with Crippen LogP contribution in [-0.4, -0.2) is 53.4 Å². The van der Waals surface area contributed by atoms with Crippen molar-refractivity contribution in [2.45, 2.75) is 52.3 Å². The fraction of sp³-hybridized carbons (Fsp3) is 0.450. The number of nitrogens with one attached hydrogen (secondary N) is 3. The van der Waals surface area contributed by atoms with Gasteiger partial charge >= 0.3 is 18.0 Å². The van der Waals surface area contributed by atoms with Gasteiger partial charge in [-0.25, -0.2) is 9.59 Å². The summed E-state index contributed by atoms with van der Waals surface area (Å²) in [5, 5.41) is 7.09. The molecule has 0 aromatic heterocycles. The van der Waals surface area contributed by atoms with E-state index >= 15 is 0 Å². The van der Waals surface area contributed by atoms with Gasteiger partial charge in [-0.3, -0.25) is 24.6 Å². The molecule has 0 saturated carbocycles. The summed E-state index contributed by atoms with van der Waals surface area (Å²) in [6.45, 7) is 7.49. The molecule has 10 heteroatoms. The fourth-order valence-corrected chi connectivity index (χ4v) is 2.85. The van der Waals surface area contributed by atoms with E-state index in [-0.39, 0.29) is 6.04 Å². The SMILES string of the molecule is Cc1ccc([C@]2(C)NC(=O)N(CC(=O)O[C@@H](C)C(=O)NC(=O)NC(C)C)C2=O)cc1. The Balaban J connectivity index is 1.98. The van der Waals surface area contributed by atoms with E-state index in [1.807, 2.05) is 24.4 Å². The minimum absolute atomic E-state index is 0.182. The monoisotopic (exact) mass is 418 g/mol. The number of esters is 1. The molecule has 1 saturated heterocycles. The van der Waals surface area contributed by atoms with Crippen molar-refractivity contribution in [1.82, 2.24) is 20.9 Å². The Kier molecular flexibility index (Phi) is 6.81. The van der Waals surface area contributed by atoms with Crippen LogP contribution in [0.2, 0.25) is 0 Å². The average molecular weight is 418 g/mol. The molecule has 2 rings (SSSR count). The minimum Gasteiger partial charge on any atom is -0.451 e. The zero-order valence-electron chi connectivity index (χ0n) is 17.6. The number of imide groups is 2. The van der Waals surface area contributed by atoms with Crippen LogP contribution in [0, 0.1) is 6.92 Å². The van der Waals surface area contributed by atoms with Gasteiger partial charge in [0.1, 0.15) is 12.1 Å². The van der Waals surface area contributed by atoms with Crippen molar-refractivity contribution in [3.8, 4) is 0 Å². The second-order valence-electron chi connectivity index (χ2n) is 7.56. The summed E-state index contributed by atoms with van der Waals surface area (Å²) in [7, 11) is 0. The van der Waals surface area contributed by atoms with Gasteiger partial charge in [-0.1, -0.05) is 29.8 Å². The highest BCUT2D eigenvalue weighted by atomic mass is 16.5. The molecule has 6 amide bonds. The number of aryl methyl sites for hydroxylation is 1. The number of nitrogens with zero attached hydrogens (tertiary/aromatic N) is 1. The number of amides is 6. The number of carbonyl (C=O) groups excluding carboxylic acids is 5. The molecule has 10 nitrogen and oxygen atoms in total. The Morgan fingerprint density at radius 2 is 1.73 bits per heavy atom. The normalized spacial score (nSPS) is 19.3. The van der Waals surface area contributed by atoms with E-state index in [4.69, 9.17) is 4.74 Å². The lowest BCUT2D eigenvalue weighted by atomic mass is 9.91. The van der Waals surface area contributed by atoms with Gasteiger partial charge in [-0.15, -0.1) is 0 Å². The van der Waals surface area contributed by atoms with Crippen LogP contribution >= 0.6 is 0 Å². The van der Waals surface area contributed by atoms with Crippen molar-refractivity contribution in [1.29, 1.82) is 0 Å². The Bertz CT molecular complexity index is 867. The first-order valence-corrected chi connectivity index (χ1v) is 9.46. The van der Waals surface area contributed by atoms with E-state index < -0.39 is 48.0 Å². The van der Waals surface area contributed by atoms with E-state index in [0.29, 0.717) is 5.56 Å². The van der Waals surface area contributed by atoms with Crippen LogP contribution < -0.4 is 16.0 Å². The van der Waals surface area contributed by atoms with E-state index in [9.17, 15) is 24.0 Å². The van der Waals surface area contributed by atoms with Gasteiger partial charge < -0.3 is 15.4 Å². The molecule has 1 aromatic rings. The minimum atomic E-state index is -1.32. The molecular weight excluding hydrogens is 392 g/mol. The molecule has 1 heterocycles. The zero-order chi connectivity index (χ0) is 22.6. The summed E-state index contributed by atoms with van der Waals surface area (Å²) < 4.78 is 4.96. The van der Waals surface area contributed by atoms with Crippen LogP contribution in [0.3, 0.4) is 0 Å². The van der Waals surface area contributed by atoms with Crippen molar-refractivity contribution in [3.63, 3.8) is 0 Å². The van der Waals surface area contributed by atoms with Crippen molar-refractivity contribution in [2.75, 3.05) is 6.54 Å². The lowest BCUT2D eigenvalue weighted by Gasteiger charge is -2.22. The molecule has 0 spiro atoms. The van der Waals surface area contributed by atoms with E-state index in [2.05, 4.69) is 10.6 Å². The molecule has 162 valence electrons. The molecule has 1 aromatic carbocycles. The second kappa shape index (κ2) is 8.93. The van der Waals surface area contributed by atoms with Gasteiger partial charge in [-0.05, 0) is 40.2 Å². The first-order valence-electron chi connectivity index (χ1n) is 9.46. The van der Waals surface area contributed by atoms with Crippen LogP contribution in [0.25, 0.3) is 0 Å². The third-order valence-electron chi connectivity index (χ3n) is 4.53. The maximum Gasteiger partial charge on any atom is 0.327 e. The summed E-state index contributed by atoms with van der Waals surface area (Å²) in [4.78, 5) is 61.5. The summed E-state index contributed by atoms with van der Waals surface area (Å²) in [5.41, 5.74) is 0.253. The molecule has 1 fully saturated rings. The molecule has 0 aliphatic carbocycles. The van der Waals surface area contributed by atoms with E-state index in [1.165, 1.54) is 6.92 Å². The average Bonchev–Trinajstić information content (AvgIpc) is 2.85. The second-order valence-corrected chi connectivity index (χ2v) is 7.56. The number of ether oxygens (including phenoxy) is 1. The molecule has 3 N–H and O–H groups in total. The number of hydrogen-bond acceptors (Lipinski definition) is 6. The molecule has 0 radical (unpaired) electrons. The maximum absolute atomic E-state index is 12.8. The number of carbonyl (C=O) groups is 5. The molecule has 1 aliphatic rings. The zero-order valence-corrected chi connectivity index (χ0v) is 17.6. The highest BCUT2D eigenvalue weighted by Crippen LogP contribution is 2.28. The predicted octanol–water partition coefficient (Wildman–Crippen LogP) is 0.928.